The minimum absolute atomic E-state index is 0.190. The maximum atomic E-state index is 10.4. The van der Waals surface area contributed by atoms with Crippen molar-refractivity contribution in [2.75, 3.05) is 5.75 Å². The Morgan fingerprint density at radius 1 is 1.71 bits per heavy atom. The van der Waals surface area contributed by atoms with Crippen LogP contribution in [0.3, 0.4) is 0 Å². The summed E-state index contributed by atoms with van der Waals surface area (Å²) < 4.78 is 4.83. The average molecular weight is 214 g/mol. The molecule has 0 aliphatic carbocycles. The van der Waals surface area contributed by atoms with Gasteiger partial charge in [-0.15, -0.1) is 0 Å². The third-order valence-electron chi connectivity index (χ3n) is 2.00. The molecule has 0 radical (unpaired) electrons. The summed E-state index contributed by atoms with van der Waals surface area (Å²) in [7, 11) is 0. The van der Waals surface area contributed by atoms with E-state index in [9.17, 15) is 4.79 Å². The predicted octanol–water partition coefficient (Wildman–Crippen LogP) is 1.26. The molecule has 1 aromatic heterocycles. The number of rotatable bonds is 3. The molecule has 0 bridgehead atoms. The second-order valence-corrected chi connectivity index (χ2v) is 4.43. The van der Waals surface area contributed by atoms with Gasteiger partial charge in [0.1, 0.15) is 6.42 Å². The zero-order valence-corrected chi connectivity index (χ0v) is 8.29. The fourth-order valence-electron chi connectivity index (χ4n) is 1.38. The van der Waals surface area contributed by atoms with Gasteiger partial charge >= 0.3 is 5.97 Å². The Morgan fingerprint density at radius 2 is 2.57 bits per heavy atom. The topological polar surface area (TPSA) is 76.2 Å². The number of aliphatic carboxylic acids is 1. The van der Waals surface area contributed by atoms with E-state index in [-0.39, 0.29) is 12.3 Å². The van der Waals surface area contributed by atoms with Gasteiger partial charge in [0.05, 0.1) is 5.25 Å². The van der Waals surface area contributed by atoms with Gasteiger partial charge in [0, 0.05) is 0 Å². The second-order valence-electron chi connectivity index (χ2n) is 3.12. The third-order valence-corrected chi connectivity index (χ3v) is 3.38. The van der Waals surface area contributed by atoms with Crippen LogP contribution >= 0.6 is 11.8 Å². The minimum atomic E-state index is -0.945. The van der Waals surface area contributed by atoms with Crippen molar-refractivity contribution in [2.24, 2.45) is 0 Å². The molecule has 6 heteroatoms. The fourth-order valence-corrected chi connectivity index (χ4v) is 2.58. The summed E-state index contributed by atoms with van der Waals surface area (Å²) in [6.07, 6.45) is 2.03. The predicted molar refractivity (Wildman–Crippen MR) is 50.1 cm³/mol. The zero-order chi connectivity index (χ0) is 9.97. The fraction of sp³-hybridized carbons (Fsp3) is 0.625. The lowest BCUT2D eigenvalue weighted by atomic mass is 10.2. The molecule has 1 aromatic rings. The van der Waals surface area contributed by atoms with Gasteiger partial charge in [0.15, 0.2) is 5.82 Å². The molecular weight excluding hydrogens is 204 g/mol. The number of carboxylic acids is 1. The van der Waals surface area contributed by atoms with Gasteiger partial charge in [0.25, 0.3) is 0 Å². The average Bonchev–Trinajstić information content (AvgIpc) is 2.69. The molecule has 1 atom stereocenters. The molecule has 1 unspecified atom stereocenters. The number of hydrogen-bond acceptors (Lipinski definition) is 5. The molecule has 0 saturated carbocycles. The van der Waals surface area contributed by atoms with Crippen molar-refractivity contribution in [3.8, 4) is 0 Å². The Morgan fingerprint density at radius 3 is 3.21 bits per heavy atom. The van der Waals surface area contributed by atoms with Crippen LogP contribution in [-0.2, 0) is 11.2 Å². The van der Waals surface area contributed by atoms with Crippen LogP contribution in [0.1, 0.15) is 29.8 Å². The summed E-state index contributed by atoms with van der Waals surface area (Å²) in [5.74, 6) is 1.01. The quantitative estimate of drug-likeness (QED) is 0.816. The van der Waals surface area contributed by atoms with Crippen LogP contribution in [-0.4, -0.2) is 27.0 Å². The summed E-state index contributed by atoms with van der Waals surface area (Å²) in [5, 5.41) is 12.6. The largest absolute Gasteiger partial charge is 0.481 e. The third kappa shape index (κ3) is 2.06. The van der Waals surface area contributed by atoms with Gasteiger partial charge in [-0.1, -0.05) is 5.16 Å². The van der Waals surface area contributed by atoms with E-state index in [1.54, 1.807) is 11.8 Å². The first kappa shape index (κ1) is 9.51. The Labute approximate surface area is 84.9 Å². The Hall–Kier alpha value is -1.04. The first-order valence-electron chi connectivity index (χ1n) is 4.41. The van der Waals surface area contributed by atoms with Crippen molar-refractivity contribution >= 4 is 17.7 Å². The van der Waals surface area contributed by atoms with Gasteiger partial charge in [-0.2, -0.15) is 16.7 Å². The van der Waals surface area contributed by atoms with Gasteiger partial charge in [0.2, 0.25) is 5.89 Å². The monoisotopic (exact) mass is 214 g/mol. The molecule has 2 rings (SSSR count). The van der Waals surface area contributed by atoms with Crippen LogP contribution in [0, 0.1) is 0 Å². The van der Waals surface area contributed by atoms with Crippen molar-refractivity contribution in [3.05, 3.63) is 11.7 Å². The first-order chi connectivity index (χ1) is 6.75. The van der Waals surface area contributed by atoms with Crippen LogP contribution in [0.2, 0.25) is 0 Å². The first-order valence-corrected chi connectivity index (χ1v) is 5.46. The van der Waals surface area contributed by atoms with Crippen molar-refractivity contribution in [2.45, 2.75) is 24.5 Å². The number of hydrogen-bond donors (Lipinski definition) is 1. The van der Waals surface area contributed by atoms with E-state index < -0.39 is 5.97 Å². The normalized spacial score (nSPS) is 21.3. The zero-order valence-electron chi connectivity index (χ0n) is 7.47. The molecule has 1 N–H and O–H groups in total. The maximum absolute atomic E-state index is 10.4. The van der Waals surface area contributed by atoms with Crippen molar-refractivity contribution in [1.82, 2.24) is 10.1 Å². The van der Waals surface area contributed by atoms with Crippen LogP contribution in [0.25, 0.3) is 0 Å². The summed E-state index contributed by atoms with van der Waals surface area (Å²) in [6, 6.07) is 0. The highest BCUT2D eigenvalue weighted by Crippen LogP contribution is 2.38. The van der Waals surface area contributed by atoms with Crippen molar-refractivity contribution < 1.29 is 14.4 Å². The second kappa shape index (κ2) is 4.00. The molecule has 1 aliphatic rings. The number of thioether (sulfide) groups is 1. The molecule has 1 aliphatic heterocycles. The highest BCUT2D eigenvalue weighted by molar-refractivity contribution is 7.99. The summed E-state index contributed by atoms with van der Waals surface area (Å²) in [4.78, 5) is 14.4. The number of carboxylic acid groups (broad SMARTS) is 1. The van der Waals surface area contributed by atoms with Crippen LogP contribution in [0.4, 0.5) is 0 Å². The van der Waals surface area contributed by atoms with Gasteiger partial charge in [-0.05, 0) is 18.6 Å². The number of nitrogens with zero attached hydrogens (tertiary/aromatic N) is 2. The highest BCUT2D eigenvalue weighted by Gasteiger charge is 2.23. The molecule has 2 heterocycles. The standard InChI is InChI=1S/C8H10N2O3S/c11-7(12)4-6-9-8(10-13-6)5-2-1-3-14-5/h5H,1-4H2,(H,11,12). The van der Waals surface area contributed by atoms with Crippen LogP contribution in [0.5, 0.6) is 0 Å². The minimum Gasteiger partial charge on any atom is -0.481 e. The molecule has 14 heavy (non-hydrogen) atoms. The highest BCUT2D eigenvalue weighted by atomic mass is 32.2. The molecule has 1 fully saturated rings. The van der Waals surface area contributed by atoms with E-state index >= 15 is 0 Å². The van der Waals surface area contributed by atoms with Crippen molar-refractivity contribution in [3.63, 3.8) is 0 Å². The maximum Gasteiger partial charge on any atom is 0.312 e. The van der Waals surface area contributed by atoms with Crippen LogP contribution in [0.15, 0.2) is 4.52 Å². The van der Waals surface area contributed by atoms with E-state index in [0.29, 0.717) is 11.1 Å². The van der Waals surface area contributed by atoms with E-state index in [1.807, 2.05) is 0 Å². The Balaban J connectivity index is 2.05. The smallest absolute Gasteiger partial charge is 0.312 e. The molecule has 0 spiro atoms. The summed E-state index contributed by atoms with van der Waals surface area (Å²) in [5.41, 5.74) is 0. The van der Waals surface area contributed by atoms with Gasteiger partial charge in [-0.25, -0.2) is 0 Å². The van der Waals surface area contributed by atoms with Crippen LogP contribution < -0.4 is 0 Å². The SMILES string of the molecule is O=C(O)Cc1nc(C2CCCS2)no1. The number of carbonyl (C=O) groups is 1. The molecule has 1 saturated heterocycles. The van der Waals surface area contributed by atoms with Gasteiger partial charge in [-0.3, -0.25) is 4.79 Å². The molecule has 0 amide bonds. The molecule has 76 valence electrons. The summed E-state index contributed by atoms with van der Waals surface area (Å²) >= 11 is 1.80. The lowest BCUT2D eigenvalue weighted by Crippen LogP contribution is -2.00. The molecule has 5 nitrogen and oxygen atoms in total. The van der Waals surface area contributed by atoms with E-state index in [2.05, 4.69) is 10.1 Å². The van der Waals surface area contributed by atoms with E-state index in [1.165, 1.54) is 0 Å². The van der Waals surface area contributed by atoms with Gasteiger partial charge < -0.3 is 9.63 Å². The lowest BCUT2D eigenvalue weighted by Gasteiger charge is -1.98. The Kier molecular flexibility index (Phi) is 2.72. The number of aromatic nitrogens is 2. The lowest BCUT2D eigenvalue weighted by molar-refractivity contribution is -0.136. The summed E-state index contributed by atoms with van der Waals surface area (Å²) in [6.45, 7) is 0. The van der Waals surface area contributed by atoms with E-state index in [4.69, 9.17) is 9.63 Å². The molecular formula is C8H10N2O3S. The molecule has 0 aromatic carbocycles. The van der Waals surface area contributed by atoms with Crippen molar-refractivity contribution in [1.29, 1.82) is 0 Å². The Bertz CT molecular complexity index is 333. The van der Waals surface area contributed by atoms with E-state index in [0.717, 1.165) is 18.6 Å².